The van der Waals surface area contributed by atoms with Gasteiger partial charge in [-0.05, 0) is 96.0 Å². The molecule has 0 amide bonds. The first-order valence-electron chi connectivity index (χ1n) is 17.2. The van der Waals surface area contributed by atoms with Crippen molar-refractivity contribution < 1.29 is 44.8 Å². The van der Waals surface area contributed by atoms with E-state index in [1.165, 1.54) is 25.3 Å². The number of pyridine rings is 1. The molecule has 16 heteroatoms. The Hall–Kier alpha value is -4.80. The SMILES string of the molecule is COc1ccc2[nH]c(S(=O)Cc3ncc(C)c(OC)c3C)nc2c1S(=O)(=O)c1c(C)cc(OCC(C)(C)C(=O)OCCS(=O)(=O)c2ccc(C)cc2)cc1C. The van der Waals surface area contributed by atoms with Crippen LogP contribution in [0.25, 0.3) is 11.0 Å². The average molecular weight is 812 g/mol. The molecular weight excluding hydrogens is 767 g/mol. The highest BCUT2D eigenvalue weighted by Crippen LogP contribution is 2.39. The Morgan fingerprint density at radius 2 is 1.53 bits per heavy atom. The average Bonchev–Trinajstić information content (AvgIpc) is 3.56. The molecule has 0 saturated heterocycles. The van der Waals surface area contributed by atoms with E-state index in [0.717, 1.165) is 16.7 Å². The van der Waals surface area contributed by atoms with Crippen LogP contribution in [0.4, 0.5) is 0 Å². The van der Waals surface area contributed by atoms with Gasteiger partial charge in [0.05, 0.1) is 62.9 Å². The molecular formula is C39H45N3O10S3. The molecule has 0 spiro atoms. The Morgan fingerprint density at radius 3 is 2.15 bits per heavy atom. The zero-order valence-corrected chi connectivity index (χ0v) is 34.7. The number of nitrogens with one attached hydrogen (secondary N) is 1. The Morgan fingerprint density at radius 1 is 0.873 bits per heavy atom. The number of aryl methyl sites for hydroxylation is 4. The lowest BCUT2D eigenvalue weighted by Gasteiger charge is -2.23. The van der Waals surface area contributed by atoms with E-state index in [1.54, 1.807) is 71.3 Å². The summed E-state index contributed by atoms with van der Waals surface area (Å²) in [5.41, 5.74) is 3.07. The molecule has 2 heterocycles. The number of hydrogen-bond acceptors (Lipinski definition) is 12. The van der Waals surface area contributed by atoms with Gasteiger partial charge in [0.25, 0.3) is 0 Å². The van der Waals surface area contributed by atoms with Crippen LogP contribution in [0.1, 0.15) is 47.4 Å². The number of fused-ring (bicyclic) bond motifs is 1. The first kappa shape index (κ1) is 41.4. The van der Waals surface area contributed by atoms with Gasteiger partial charge in [0.1, 0.15) is 40.9 Å². The summed E-state index contributed by atoms with van der Waals surface area (Å²) in [4.78, 5) is 24.9. The summed E-state index contributed by atoms with van der Waals surface area (Å²) in [6, 6.07) is 12.7. The van der Waals surface area contributed by atoms with E-state index in [9.17, 15) is 25.8 Å². The van der Waals surface area contributed by atoms with E-state index in [4.69, 9.17) is 18.9 Å². The van der Waals surface area contributed by atoms with Crippen molar-refractivity contribution in [1.29, 1.82) is 0 Å². The van der Waals surface area contributed by atoms with Gasteiger partial charge < -0.3 is 23.9 Å². The second kappa shape index (κ2) is 16.1. The van der Waals surface area contributed by atoms with Gasteiger partial charge in [0.2, 0.25) is 9.84 Å². The van der Waals surface area contributed by atoms with Crippen LogP contribution in [0.15, 0.2) is 74.6 Å². The summed E-state index contributed by atoms with van der Waals surface area (Å²) in [6.45, 7) is 11.6. The number of rotatable bonds is 15. The number of esters is 1. The molecule has 1 atom stereocenters. The fourth-order valence-electron chi connectivity index (χ4n) is 6.09. The molecule has 55 heavy (non-hydrogen) atoms. The second-order valence-electron chi connectivity index (χ2n) is 13.9. The highest BCUT2D eigenvalue weighted by atomic mass is 32.2. The first-order chi connectivity index (χ1) is 25.8. The topological polar surface area (TPSA) is 181 Å². The molecule has 0 aliphatic rings. The lowest BCUT2D eigenvalue weighted by molar-refractivity contribution is -0.154. The molecule has 0 bridgehead atoms. The van der Waals surface area contributed by atoms with Gasteiger partial charge in [-0.1, -0.05) is 17.7 Å². The molecule has 5 rings (SSSR count). The summed E-state index contributed by atoms with van der Waals surface area (Å²) in [5, 5.41) is 0.0756. The molecule has 13 nitrogen and oxygen atoms in total. The normalized spacial score (nSPS) is 12.7. The van der Waals surface area contributed by atoms with Crippen molar-refractivity contribution >= 4 is 47.5 Å². The molecule has 3 aromatic carbocycles. The molecule has 294 valence electrons. The number of aromatic nitrogens is 3. The maximum atomic E-state index is 14.5. The molecule has 2 aromatic heterocycles. The molecule has 0 radical (unpaired) electrons. The summed E-state index contributed by atoms with van der Waals surface area (Å²) in [6.07, 6.45) is 1.65. The maximum absolute atomic E-state index is 14.5. The Bertz CT molecular complexity index is 2490. The van der Waals surface area contributed by atoms with E-state index in [2.05, 4.69) is 15.0 Å². The van der Waals surface area contributed by atoms with Crippen LogP contribution >= 0.6 is 0 Å². The number of imidazole rings is 1. The van der Waals surface area contributed by atoms with Crippen LogP contribution in [-0.2, 0) is 45.8 Å². The number of H-pyrrole nitrogens is 1. The number of aromatic amines is 1. The summed E-state index contributed by atoms with van der Waals surface area (Å²) in [5.74, 6) is 0.0234. The highest BCUT2D eigenvalue weighted by Gasteiger charge is 2.33. The summed E-state index contributed by atoms with van der Waals surface area (Å²) in [7, 11) is -6.74. The zero-order valence-electron chi connectivity index (χ0n) is 32.2. The molecule has 5 aromatic rings. The number of carbonyl (C=O) groups excluding carboxylic acids is 1. The molecule has 1 unspecified atom stereocenters. The summed E-state index contributed by atoms with van der Waals surface area (Å²) < 4.78 is 90.2. The van der Waals surface area contributed by atoms with Crippen LogP contribution < -0.4 is 14.2 Å². The third kappa shape index (κ3) is 8.71. The lowest BCUT2D eigenvalue weighted by atomic mass is 9.95. The predicted octanol–water partition coefficient (Wildman–Crippen LogP) is 6.08. The van der Waals surface area contributed by atoms with Crippen molar-refractivity contribution in [3.8, 4) is 17.2 Å². The quantitative estimate of drug-likeness (QED) is 0.121. The molecule has 0 aliphatic carbocycles. The minimum Gasteiger partial charge on any atom is -0.496 e. The number of methoxy groups -OCH3 is 2. The Labute approximate surface area is 324 Å². The summed E-state index contributed by atoms with van der Waals surface area (Å²) >= 11 is 0. The van der Waals surface area contributed by atoms with Crippen molar-refractivity contribution in [2.45, 2.75) is 74.1 Å². The smallest absolute Gasteiger partial charge is 0.315 e. The van der Waals surface area contributed by atoms with Crippen molar-refractivity contribution in [2.75, 3.05) is 33.2 Å². The molecule has 0 fully saturated rings. The van der Waals surface area contributed by atoms with Gasteiger partial charge in [-0.25, -0.2) is 21.8 Å². The minimum absolute atomic E-state index is 0.0105. The van der Waals surface area contributed by atoms with Gasteiger partial charge in [-0.3, -0.25) is 14.0 Å². The van der Waals surface area contributed by atoms with E-state index in [0.29, 0.717) is 33.8 Å². The number of sulfone groups is 2. The fourth-order valence-corrected chi connectivity index (χ4v) is 10.3. The highest BCUT2D eigenvalue weighted by molar-refractivity contribution is 7.92. The number of nitrogens with zero attached hydrogens (tertiary/aromatic N) is 2. The van der Waals surface area contributed by atoms with Crippen molar-refractivity contribution in [3.63, 3.8) is 0 Å². The van der Waals surface area contributed by atoms with E-state index >= 15 is 0 Å². The Kier molecular flexibility index (Phi) is 12.1. The van der Waals surface area contributed by atoms with E-state index in [1.807, 2.05) is 20.8 Å². The van der Waals surface area contributed by atoms with E-state index < -0.39 is 41.9 Å². The van der Waals surface area contributed by atoms with E-state index in [-0.39, 0.29) is 55.8 Å². The minimum atomic E-state index is -4.29. The fraction of sp³-hybridized carbons (Fsp3) is 0.359. The molecule has 0 saturated carbocycles. The standard InChI is InChI=1S/C39H45N3O10S3/c1-23-10-12-29(13-11-23)54(45,46)17-16-51-37(43)39(6,7)22-52-28-18-24(2)35(25(3)19-28)55(47,48)36-32(49-8)15-14-30-33(36)42-38(41-30)53(44)21-31-27(5)34(50-9)26(4)20-40-31/h10-15,18-20H,16-17,21-22H2,1-9H3,(H,41,42). The van der Waals surface area contributed by atoms with Crippen LogP contribution in [0, 0.1) is 40.0 Å². The van der Waals surface area contributed by atoms with Gasteiger partial charge in [-0.15, -0.1) is 0 Å². The van der Waals surface area contributed by atoms with Gasteiger partial charge in [-0.2, -0.15) is 0 Å². The Balaban J connectivity index is 1.34. The maximum Gasteiger partial charge on any atom is 0.315 e. The number of ether oxygens (including phenoxy) is 4. The number of hydrogen-bond donors (Lipinski definition) is 1. The van der Waals surface area contributed by atoms with Crippen LogP contribution in [0.3, 0.4) is 0 Å². The van der Waals surface area contributed by atoms with Gasteiger partial charge in [0.15, 0.2) is 15.0 Å². The lowest BCUT2D eigenvalue weighted by Crippen LogP contribution is -2.34. The third-order valence-corrected chi connectivity index (χ3v) is 14.1. The second-order valence-corrected chi connectivity index (χ2v) is 19.2. The van der Waals surface area contributed by atoms with Crippen molar-refractivity contribution in [2.24, 2.45) is 5.41 Å². The van der Waals surface area contributed by atoms with Crippen LogP contribution in [0.5, 0.6) is 17.2 Å². The monoisotopic (exact) mass is 811 g/mol. The predicted molar refractivity (Wildman–Crippen MR) is 208 cm³/mol. The van der Waals surface area contributed by atoms with Gasteiger partial charge >= 0.3 is 5.97 Å². The number of benzene rings is 3. The largest absolute Gasteiger partial charge is 0.496 e. The van der Waals surface area contributed by atoms with Gasteiger partial charge in [0, 0.05) is 17.3 Å². The molecule has 1 N–H and O–H groups in total. The third-order valence-electron chi connectivity index (χ3n) is 9.09. The van der Waals surface area contributed by atoms with Crippen LogP contribution in [0.2, 0.25) is 0 Å². The van der Waals surface area contributed by atoms with Crippen LogP contribution in [-0.4, -0.2) is 75.2 Å². The first-order valence-corrected chi connectivity index (χ1v) is 21.7. The number of carbonyl (C=O) groups is 1. The zero-order chi connectivity index (χ0) is 40.5. The van der Waals surface area contributed by atoms with Crippen molar-refractivity contribution in [1.82, 2.24) is 15.0 Å². The molecule has 0 aliphatic heterocycles. The van der Waals surface area contributed by atoms with Crippen molar-refractivity contribution in [3.05, 3.63) is 88.2 Å².